The summed E-state index contributed by atoms with van der Waals surface area (Å²) in [6.45, 7) is 17.9. The minimum absolute atomic E-state index is 0.312. The summed E-state index contributed by atoms with van der Waals surface area (Å²) < 4.78 is 6.23. The van der Waals surface area contributed by atoms with Crippen LogP contribution in [-0.4, -0.2) is 27.5 Å². The molecule has 2 nitrogen and oxygen atoms in total. The zero-order valence-electron chi connectivity index (χ0n) is 11.6. The van der Waals surface area contributed by atoms with Gasteiger partial charge >= 0.3 is 0 Å². The van der Waals surface area contributed by atoms with E-state index in [0.29, 0.717) is 11.1 Å². The smallest absolute Gasteiger partial charge is 0.192 e. The average Bonchev–Trinajstić information content (AvgIpc) is 2.01. The van der Waals surface area contributed by atoms with Gasteiger partial charge in [0.25, 0.3) is 0 Å². The molecule has 0 heterocycles. The molecule has 92 valence electrons. The van der Waals surface area contributed by atoms with E-state index in [1.165, 1.54) is 6.42 Å². The van der Waals surface area contributed by atoms with Gasteiger partial charge in [-0.2, -0.15) is 0 Å². The third-order valence-corrected chi connectivity index (χ3v) is 7.76. The zero-order valence-corrected chi connectivity index (χ0v) is 12.6. The molecule has 0 aliphatic carbocycles. The number of nitrogens with one attached hydrogen (secondary N) is 1. The topological polar surface area (TPSA) is 21.3 Å². The van der Waals surface area contributed by atoms with Gasteiger partial charge in [-0.3, -0.25) is 0 Å². The Morgan fingerprint density at radius 1 is 1.27 bits per heavy atom. The molecule has 0 fully saturated rings. The fraction of sp³-hybridized carbons (Fsp3) is 1.00. The van der Waals surface area contributed by atoms with Gasteiger partial charge in [-0.1, -0.05) is 27.7 Å². The Labute approximate surface area is 96.9 Å². The predicted octanol–water partition coefficient (Wildman–Crippen LogP) is 3.40. The first-order valence-electron chi connectivity index (χ1n) is 6.09. The van der Waals surface area contributed by atoms with Crippen LogP contribution < -0.4 is 5.32 Å². The predicted molar refractivity (Wildman–Crippen MR) is 70.9 cm³/mol. The molecule has 0 aliphatic rings. The third kappa shape index (κ3) is 5.69. The van der Waals surface area contributed by atoms with Crippen molar-refractivity contribution in [1.82, 2.24) is 5.32 Å². The van der Waals surface area contributed by atoms with E-state index in [0.717, 1.165) is 13.1 Å². The Bertz CT molecular complexity index is 175. The highest BCUT2D eigenvalue weighted by atomic mass is 28.4. The van der Waals surface area contributed by atoms with Crippen molar-refractivity contribution in [3.05, 3.63) is 0 Å². The van der Waals surface area contributed by atoms with E-state index >= 15 is 0 Å². The molecule has 0 aromatic carbocycles. The van der Waals surface area contributed by atoms with E-state index < -0.39 is 8.32 Å². The molecule has 0 bridgehead atoms. The van der Waals surface area contributed by atoms with Crippen LogP contribution in [0.2, 0.25) is 18.1 Å². The van der Waals surface area contributed by atoms with Crippen molar-refractivity contribution in [3.63, 3.8) is 0 Å². The summed E-state index contributed by atoms with van der Waals surface area (Å²) in [5.41, 5.74) is 0. The maximum absolute atomic E-state index is 6.23. The van der Waals surface area contributed by atoms with Gasteiger partial charge in [0.1, 0.15) is 0 Å². The van der Waals surface area contributed by atoms with Gasteiger partial charge in [-0.25, -0.2) is 0 Å². The van der Waals surface area contributed by atoms with Gasteiger partial charge in [0.15, 0.2) is 8.32 Å². The van der Waals surface area contributed by atoms with Crippen molar-refractivity contribution in [2.45, 2.75) is 65.3 Å². The normalized spacial score (nSPS) is 15.4. The molecule has 0 radical (unpaired) electrons. The van der Waals surface area contributed by atoms with Gasteiger partial charge in [-0.05, 0) is 38.0 Å². The lowest BCUT2D eigenvalue weighted by Crippen LogP contribution is -2.45. The molecule has 3 heteroatoms. The summed E-state index contributed by atoms with van der Waals surface area (Å²) in [5, 5.41) is 3.72. The molecule has 0 rings (SSSR count). The molecule has 15 heavy (non-hydrogen) atoms. The first kappa shape index (κ1) is 15.1. The minimum atomic E-state index is -1.57. The van der Waals surface area contributed by atoms with Crippen LogP contribution in [0, 0.1) is 0 Å². The lowest BCUT2D eigenvalue weighted by atomic mass is 10.2. The number of hydrogen-bond acceptors (Lipinski definition) is 2. The lowest BCUT2D eigenvalue weighted by Gasteiger charge is -2.38. The van der Waals surface area contributed by atoms with Crippen LogP contribution in [0.15, 0.2) is 0 Å². The largest absolute Gasteiger partial charge is 0.413 e. The van der Waals surface area contributed by atoms with Gasteiger partial charge in [0.05, 0.1) is 6.10 Å². The Morgan fingerprint density at radius 2 is 1.80 bits per heavy atom. The summed E-state index contributed by atoms with van der Waals surface area (Å²) in [6, 6.07) is 0. The Balaban J connectivity index is 3.99. The molecular weight excluding hydrogens is 202 g/mol. The number of hydrogen-bond donors (Lipinski definition) is 1. The Morgan fingerprint density at radius 3 is 2.20 bits per heavy atom. The van der Waals surface area contributed by atoms with Crippen molar-refractivity contribution >= 4 is 8.32 Å². The molecule has 0 saturated heterocycles. The fourth-order valence-electron chi connectivity index (χ4n) is 1.20. The second-order valence-corrected chi connectivity index (χ2v) is 10.6. The molecule has 1 unspecified atom stereocenters. The van der Waals surface area contributed by atoms with Crippen LogP contribution in [0.3, 0.4) is 0 Å². The van der Waals surface area contributed by atoms with Crippen molar-refractivity contribution in [1.29, 1.82) is 0 Å². The van der Waals surface area contributed by atoms with Crippen molar-refractivity contribution < 1.29 is 4.43 Å². The molecule has 1 atom stereocenters. The first-order valence-corrected chi connectivity index (χ1v) is 9.00. The Kier molecular flexibility index (Phi) is 6.07. The molecule has 0 saturated carbocycles. The summed E-state index contributed by atoms with van der Waals surface area (Å²) >= 11 is 0. The summed E-state index contributed by atoms with van der Waals surface area (Å²) in [6.07, 6.45) is 1.52. The van der Waals surface area contributed by atoms with Crippen LogP contribution in [0.25, 0.3) is 0 Å². The van der Waals surface area contributed by atoms with E-state index in [4.69, 9.17) is 4.43 Å². The summed E-state index contributed by atoms with van der Waals surface area (Å²) in [7, 11) is -1.57. The van der Waals surface area contributed by atoms with Crippen molar-refractivity contribution in [2.24, 2.45) is 0 Å². The van der Waals surface area contributed by atoms with E-state index in [-0.39, 0.29) is 0 Å². The maximum Gasteiger partial charge on any atom is 0.192 e. The van der Waals surface area contributed by atoms with Crippen molar-refractivity contribution in [3.8, 4) is 0 Å². The monoisotopic (exact) mass is 231 g/mol. The fourth-order valence-corrected chi connectivity index (χ4v) is 2.65. The zero-order chi connectivity index (χ0) is 12.1. The van der Waals surface area contributed by atoms with Crippen LogP contribution in [0.5, 0.6) is 0 Å². The van der Waals surface area contributed by atoms with Crippen LogP contribution >= 0.6 is 0 Å². The SMILES string of the molecule is CCCNCC(C)O[Si](C)(C)C(C)(C)C. The van der Waals surface area contributed by atoms with Gasteiger partial charge in [0.2, 0.25) is 0 Å². The minimum Gasteiger partial charge on any atom is -0.413 e. The summed E-state index contributed by atoms with van der Waals surface area (Å²) in [5.74, 6) is 0. The molecule has 0 spiro atoms. The molecule has 0 aliphatic heterocycles. The first-order chi connectivity index (χ1) is 6.70. The van der Waals surface area contributed by atoms with Crippen LogP contribution in [0.1, 0.15) is 41.0 Å². The van der Waals surface area contributed by atoms with Gasteiger partial charge < -0.3 is 9.74 Å². The van der Waals surface area contributed by atoms with Crippen LogP contribution in [-0.2, 0) is 4.43 Å². The van der Waals surface area contributed by atoms with Gasteiger partial charge in [0, 0.05) is 6.54 Å². The van der Waals surface area contributed by atoms with E-state index in [9.17, 15) is 0 Å². The molecule has 1 N–H and O–H groups in total. The molecule has 0 aromatic heterocycles. The summed E-state index contributed by atoms with van der Waals surface area (Å²) in [4.78, 5) is 0. The van der Waals surface area contributed by atoms with E-state index in [1.807, 2.05) is 0 Å². The highest BCUT2D eigenvalue weighted by Crippen LogP contribution is 2.37. The highest BCUT2D eigenvalue weighted by Gasteiger charge is 2.38. The molecular formula is C12H29NOSi. The number of rotatable bonds is 6. The standard InChI is InChI=1S/C12H29NOSi/c1-8-9-13-10-11(2)14-15(6,7)12(3,4)5/h11,13H,8-10H2,1-7H3. The van der Waals surface area contributed by atoms with Crippen molar-refractivity contribution in [2.75, 3.05) is 13.1 Å². The highest BCUT2D eigenvalue weighted by molar-refractivity contribution is 6.74. The Hall–Kier alpha value is 0.137. The second kappa shape index (κ2) is 6.02. The quantitative estimate of drug-likeness (QED) is 0.559. The maximum atomic E-state index is 6.23. The van der Waals surface area contributed by atoms with Crippen LogP contribution in [0.4, 0.5) is 0 Å². The molecule has 0 amide bonds. The van der Waals surface area contributed by atoms with E-state index in [1.54, 1.807) is 0 Å². The second-order valence-electron chi connectivity index (χ2n) is 5.89. The molecule has 0 aromatic rings. The lowest BCUT2D eigenvalue weighted by molar-refractivity contribution is 0.195. The van der Waals surface area contributed by atoms with E-state index in [2.05, 4.69) is 53.0 Å². The average molecular weight is 231 g/mol. The van der Waals surface area contributed by atoms with Gasteiger partial charge in [-0.15, -0.1) is 0 Å². The third-order valence-electron chi connectivity index (χ3n) is 3.16.